The van der Waals surface area contributed by atoms with E-state index in [1.165, 1.54) is 5.01 Å². The summed E-state index contributed by atoms with van der Waals surface area (Å²) in [6.45, 7) is 1.56. The van der Waals surface area contributed by atoms with Crippen LogP contribution in [0.1, 0.15) is 45.9 Å². The number of nitrogen functional groups attached to an aromatic ring is 1. The first-order chi connectivity index (χ1) is 14.6. The number of rotatable bonds is 6. The summed E-state index contributed by atoms with van der Waals surface area (Å²) in [5.41, 5.74) is 8.54. The van der Waals surface area contributed by atoms with Crippen molar-refractivity contribution in [3.05, 3.63) is 75.9 Å². The lowest BCUT2D eigenvalue weighted by molar-refractivity contribution is -0.136. The fourth-order valence-corrected chi connectivity index (χ4v) is 4.08. The Labute approximate surface area is 177 Å². The van der Waals surface area contributed by atoms with Crippen molar-refractivity contribution >= 4 is 34.6 Å². The molecule has 3 aromatic rings. The van der Waals surface area contributed by atoms with Gasteiger partial charge in [-0.25, -0.2) is 9.80 Å². The van der Waals surface area contributed by atoms with Crippen LogP contribution in [0.2, 0.25) is 0 Å². The lowest BCUT2D eigenvalue weighted by Gasteiger charge is -2.19. The first-order valence-electron chi connectivity index (χ1n) is 9.59. The number of hydrazone groups is 1. The van der Waals surface area contributed by atoms with E-state index in [9.17, 15) is 9.59 Å². The van der Waals surface area contributed by atoms with Gasteiger partial charge in [-0.2, -0.15) is 5.10 Å². The van der Waals surface area contributed by atoms with Crippen molar-refractivity contribution in [1.29, 1.82) is 0 Å². The summed E-state index contributed by atoms with van der Waals surface area (Å²) in [5.74, 6) is -0.392. The molecule has 1 aromatic carbocycles. The monoisotopic (exact) mass is 423 g/mol. The van der Waals surface area contributed by atoms with Crippen LogP contribution in [-0.2, 0) is 16.0 Å². The molecule has 1 unspecified atom stereocenters. The van der Waals surface area contributed by atoms with Gasteiger partial charge in [0.1, 0.15) is 11.8 Å². The molecule has 0 saturated carbocycles. The Bertz CT molecular complexity index is 1070. The number of benzene rings is 1. The van der Waals surface area contributed by atoms with Crippen molar-refractivity contribution in [2.45, 2.75) is 25.8 Å². The number of esters is 1. The predicted molar refractivity (Wildman–Crippen MR) is 114 cm³/mol. The minimum Gasteiger partial charge on any atom is -0.467 e. The second-order valence-corrected chi connectivity index (χ2v) is 7.79. The Morgan fingerprint density at radius 3 is 2.83 bits per heavy atom. The van der Waals surface area contributed by atoms with Gasteiger partial charge in [0.05, 0.1) is 22.4 Å². The number of hydrogen-bond acceptors (Lipinski definition) is 7. The third-order valence-electron chi connectivity index (χ3n) is 4.93. The zero-order valence-electron chi connectivity index (χ0n) is 16.4. The number of thiophene rings is 1. The van der Waals surface area contributed by atoms with Crippen LogP contribution in [0.15, 0.2) is 63.6 Å². The highest BCUT2D eigenvalue weighted by atomic mass is 32.1. The third kappa shape index (κ3) is 3.99. The highest BCUT2D eigenvalue weighted by Gasteiger charge is 2.35. The van der Waals surface area contributed by atoms with Gasteiger partial charge in [0, 0.05) is 12.1 Å². The lowest BCUT2D eigenvalue weighted by atomic mass is 10.1. The number of nitrogens with zero attached hydrogens (tertiary/aromatic N) is 2. The van der Waals surface area contributed by atoms with E-state index in [0.717, 1.165) is 22.6 Å². The maximum absolute atomic E-state index is 12.8. The number of furan rings is 1. The summed E-state index contributed by atoms with van der Waals surface area (Å²) in [6, 6.07) is 12.1. The average Bonchev–Trinajstić information content (AvgIpc) is 3.51. The maximum atomic E-state index is 12.8. The Balaban J connectivity index is 1.47. The van der Waals surface area contributed by atoms with Crippen LogP contribution < -0.4 is 5.73 Å². The van der Waals surface area contributed by atoms with E-state index >= 15 is 0 Å². The van der Waals surface area contributed by atoms with Crippen LogP contribution in [0.25, 0.3) is 0 Å². The van der Waals surface area contributed by atoms with E-state index in [1.54, 1.807) is 41.9 Å². The molecule has 2 N–H and O–H groups in total. The minimum atomic E-state index is -0.603. The van der Waals surface area contributed by atoms with E-state index in [1.807, 2.05) is 30.5 Å². The Morgan fingerprint density at radius 2 is 2.17 bits per heavy atom. The van der Waals surface area contributed by atoms with Crippen LogP contribution >= 0.6 is 11.3 Å². The van der Waals surface area contributed by atoms with Gasteiger partial charge >= 0.3 is 5.97 Å². The van der Waals surface area contributed by atoms with Crippen molar-refractivity contribution in [1.82, 2.24) is 5.01 Å². The largest absolute Gasteiger partial charge is 0.467 e. The summed E-state index contributed by atoms with van der Waals surface area (Å²) < 4.78 is 10.7. The average molecular weight is 423 g/mol. The summed E-state index contributed by atoms with van der Waals surface area (Å²) >= 11 is 1.56. The van der Waals surface area contributed by atoms with Crippen molar-refractivity contribution in [3.63, 3.8) is 0 Å². The molecule has 8 heteroatoms. The molecule has 2 aromatic heterocycles. The molecule has 30 heavy (non-hydrogen) atoms. The molecule has 1 amide bonds. The molecule has 3 heterocycles. The Kier molecular flexibility index (Phi) is 5.67. The van der Waals surface area contributed by atoms with Gasteiger partial charge in [-0.05, 0) is 47.7 Å². The van der Waals surface area contributed by atoms with Gasteiger partial charge in [0.15, 0.2) is 6.61 Å². The number of aryl methyl sites for hydroxylation is 1. The van der Waals surface area contributed by atoms with E-state index in [4.69, 9.17) is 14.9 Å². The topological polar surface area (TPSA) is 98.1 Å². The van der Waals surface area contributed by atoms with Crippen molar-refractivity contribution < 1.29 is 18.7 Å². The molecule has 0 saturated heterocycles. The molecule has 0 spiro atoms. The quantitative estimate of drug-likeness (QED) is 0.477. The zero-order valence-corrected chi connectivity index (χ0v) is 17.2. The van der Waals surface area contributed by atoms with Crippen LogP contribution in [0.5, 0.6) is 0 Å². The van der Waals surface area contributed by atoms with E-state index in [2.05, 4.69) is 5.10 Å². The SMILES string of the molecule is CCc1ccc(C(=O)OCC(=O)N2N=C(c3cccs3)CC2c2ccco2)cc1N. The summed E-state index contributed by atoms with van der Waals surface area (Å²) in [6.07, 6.45) is 2.86. The fourth-order valence-electron chi connectivity index (χ4n) is 3.36. The number of ether oxygens (including phenoxy) is 1. The molecule has 4 rings (SSSR count). The number of nitrogens with two attached hydrogens (primary N) is 1. The smallest absolute Gasteiger partial charge is 0.338 e. The van der Waals surface area contributed by atoms with Gasteiger partial charge in [-0.1, -0.05) is 19.1 Å². The van der Waals surface area contributed by atoms with Gasteiger partial charge in [-0.15, -0.1) is 11.3 Å². The second kappa shape index (κ2) is 8.54. The number of carbonyl (C=O) groups is 2. The third-order valence-corrected chi connectivity index (χ3v) is 5.85. The van der Waals surface area contributed by atoms with Crippen LogP contribution in [0.3, 0.4) is 0 Å². The van der Waals surface area contributed by atoms with Crippen molar-refractivity contribution in [2.24, 2.45) is 5.10 Å². The molecular formula is C22H21N3O4S. The van der Waals surface area contributed by atoms with Crippen LogP contribution in [0.4, 0.5) is 5.69 Å². The zero-order chi connectivity index (χ0) is 21.1. The van der Waals surface area contributed by atoms with Gasteiger partial charge < -0.3 is 14.9 Å². The first kappa shape index (κ1) is 19.9. The van der Waals surface area contributed by atoms with E-state index in [0.29, 0.717) is 23.4 Å². The van der Waals surface area contributed by atoms with E-state index < -0.39 is 18.5 Å². The number of amides is 1. The normalized spacial score (nSPS) is 15.8. The summed E-state index contributed by atoms with van der Waals surface area (Å²) in [5, 5.41) is 7.80. The van der Waals surface area contributed by atoms with Crippen LogP contribution in [-0.4, -0.2) is 29.2 Å². The molecular weight excluding hydrogens is 402 g/mol. The highest BCUT2D eigenvalue weighted by Crippen LogP contribution is 2.34. The van der Waals surface area contributed by atoms with Crippen molar-refractivity contribution in [2.75, 3.05) is 12.3 Å². The lowest BCUT2D eigenvalue weighted by Crippen LogP contribution is -2.31. The van der Waals surface area contributed by atoms with Crippen molar-refractivity contribution in [3.8, 4) is 0 Å². The molecule has 7 nitrogen and oxygen atoms in total. The predicted octanol–water partition coefficient (Wildman–Crippen LogP) is 4.02. The minimum absolute atomic E-state index is 0.310. The highest BCUT2D eigenvalue weighted by molar-refractivity contribution is 7.12. The van der Waals surface area contributed by atoms with E-state index in [-0.39, 0.29) is 6.04 Å². The second-order valence-electron chi connectivity index (χ2n) is 6.84. The molecule has 0 aliphatic carbocycles. The maximum Gasteiger partial charge on any atom is 0.338 e. The molecule has 0 fully saturated rings. The fraction of sp³-hybridized carbons (Fsp3) is 0.227. The van der Waals surface area contributed by atoms with Gasteiger partial charge in [-0.3, -0.25) is 4.79 Å². The number of carbonyl (C=O) groups excluding carboxylic acids is 2. The number of hydrogen-bond donors (Lipinski definition) is 1. The molecule has 154 valence electrons. The van der Waals surface area contributed by atoms with Gasteiger partial charge in [0.25, 0.3) is 5.91 Å². The standard InChI is InChI=1S/C22H21N3O4S/c1-2-14-7-8-15(11-16(14)23)22(27)29-13-21(26)25-18(19-5-3-9-28-19)12-17(24-25)20-6-4-10-30-20/h3-11,18H,2,12-13,23H2,1H3. The molecule has 1 aliphatic rings. The molecule has 0 bridgehead atoms. The molecule has 1 aliphatic heterocycles. The van der Waals surface area contributed by atoms with Gasteiger partial charge in [0.2, 0.25) is 0 Å². The molecule has 0 radical (unpaired) electrons. The summed E-state index contributed by atoms with van der Waals surface area (Å²) in [4.78, 5) is 26.2. The Hall–Kier alpha value is -3.39. The van der Waals surface area contributed by atoms with Crippen LogP contribution in [0, 0.1) is 0 Å². The Morgan fingerprint density at radius 1 is 1.30 bits per heavy atom. The first-order valence-corrected chi connectivity index (χ1v) is 10.5. The summed E-state index contributed by atoms with van der Waals surface area (Å²) in [7, 11) is 0. The molecule has 1 atom stereocenters. The number of anilines is 1.